The maximum Gasteiger partial charge on any atom is 0.251 e. The van der Waals surface area contributed by atoms with Gasteiger partial charge in [-0.3, -0.25) is 4.79 Å². The molecule has 2 rings (SSSR count). The van der Waals surface area contributed by atoms with Crippen LogP contribution >= 0.6 is 0 Å². The average Bonchev–Trinajstić information content (AvgIpc) is 2.60. The van der Waals surface area contributed by atoms with Crippen molar-refractivity contribution in [1.29, 1.82) is 0 Å². The topological polar surface area (TPSA) is 33.5 Å². The number of carbonyl (C=O) groups excluding carboxylic acids is 1. The highest BCUT2D eigenvalue weighted by Gasteiger charge is 2.11. The summed E-state index contributed by atoms with van der Waals surface area (Å²) < 4.78 is 13.6. The second-order valence-corrected chi connectivity index (χ2v) is 6.05. The molecule has 2 aromatic rings. The molecule has 0 aliphatic carbocycles. The summed E-state index contributed by atoms with van der Waals surface area (Å²) in [5.74, 6) is -0.605. The van der Waals surface area contributed by atoms with Gasteiger partial charge in [-0.05, 0) is 44.0 Å². The Bertz CT molecular complexity index is 696. The average molecular weight is 329 g/mol. The molecule has 3 nitrogen and oxygen atoms in total. The van der Waals surface area contributed by atoms with Gasteiger partial charge in [-0.25, -0.2) is 4.39 Å². The number of aryl methyl sites for hydroxylation is 1. The van der Waals surface area contributed by atoms with E-state index in [2.05, 4.69) is 25.2 Å². The number of benzene rings is 2. The predicted octanol–water partition coefficient (Wildman–Crippen LogP) is 2.49. The number of carbonyl (C=O) groups is 1. The summed E-state index contributed by atoms with van der Waals surface area (Å²) in [6, 6.07) is 12.7. The molecule has 0 heterocycles. The lowest BCUT2D eigenvalue weighted by Crippen LogP contribution is -3.10. The highest BCUT2D eigenvalue weighted by Crippen LogP contribution is 2.11. The van der Waals surface area contributed by atoms with Gasteiger partial charge in [0.05, 0.1) is 13.1 Å². The van der Waals surface area contributed by atoms with Gasteiger partial charge in [-0.1, -0.05) is 30.3 Å². The molecule has 0 radical (unpaired) electrons. The molecule has 2 aromatic carbocycles. The standard InChI is InChI=1S/C20H25FN2O/c1-4-23(5-2)14-18-9-7-6-8-17(18)13-22-20(24)16-11-10-15(3)19(21)12-16/h6-12H,4-5,13-14H2,1-3H3,(H,22,24)/p+1. The highest BCUT2D eigenvalue weighted by molar-refractivity contribution is 5.94. The first-order valence-corrected chi connectivity index (χ1v) is 8.49. The fraction of sp³-hybridized carbons (Fsp3) is 0.350. The maximum absolute atomic E-state index is 13.6. The van der Waals surface area contributed by atoms with Gasteiger partial charge < -0.3 is 10.2 Å². The van der Waals surface area contributed by atoms with E-state index in [1.54, 1.807) is 19.1 Å². The minimum Gasteiger partial charge on any atom is -0.348 e. The molecule has 24 heavy (non-hydrogen) atoms. The molecule has 0 spiro atoms. The lowest BCUT2D eigenvalue weighted by molar-refractivity contribution is -0.910. The Morgan fingerprint density at radius 1 is 1.08 bits per heavy atom. The minimum absolute atomic E-state index is 0.251. The highest BCUT2D eigenvalue weighted by atomic mass is 19.1. The van der Waals surface area contributed by atoms with Gasteiger partial charge in [-0.15, -0.1) is 0 Å². The van der Waals surface area contributed by atoms with E-state index in [-0.39, 0.29) is 11.7 Å². The smallest absolute Gasteiger partial charge is 0.251 e. The van der Waals surface area contributed by atoms with E-state index >= 15 is 0 Å². The van der Waals surface area contributed by atoms with E-state index < -0.39 is 0 Å². The summed E-state index contributed by atoms with van der Waals surface area (Å²) in [4.78, 5) is 13.7. The van der Waals surface area contributed by atoms with Crippen molar-refractivity contribution in [2.75, 3.05) is 13.1 Å². The third-order valence-electron chi connectivity index (χ3n) is 4.43. The van der Waals surface area contributed by atoms with Crippen LogP contribution in [0.2, 0.25) is 0 Å². The van der Waals surface area contributed by atoms with Crippen molar-refractivity contribution in [3.05, 3.63) is 70.5 Å². The molecule has 2 N–H and O–H groups in total. The molecule has 0 saturated carbocycles. The van der Waals surface area contributed by atoms with Gasteiger partial charge in [0.1, 0.15) is 12.4 Å². The van der Waals surface area contributed by atoms with Crippen LogP contribution in [0.3, 0.4) is 0 Å². The first-order chi connectivity index (χ1) is 11.5. The minimum atomic E-state index is -0.354. The van der Waals surface area contributed by atoms with Crippen molar-refractivity contribution in [2.45, 2.75) is 33.9 Å². The van der Waals surface area contributed by atoms with Gasteiger partial charge in [0, 0.05) is 17.7 Å². The zero-order chi connectivity index (χ0) is 17.5. The van der Waals surface area contributed by atoms with E-state index in [0.717, 1.165) is 25.2 Å². The Kier molecular flexibility index (Phi) is 6.50. The number of amides is 1. The molecule has 0 aliphatic rings. The van der Waals surface area contributed by atoms with E-state index in [4.69, 9.17) is 0 Å². The second kappa shape index (κ2) is 8.60. The molecule has 0 saturated heterocycles. The van der Waals surface area contributed by atoms with Crippen LogP contribution in [-0.4, -0.2) is 19.0 Å². The zero-order valence-corrected chi connectivity index (χ0v) is 14.7. The van der Waals surface area contributed by atoms with Crippen LogP contribution in [0.1, 0.15) is 40.9 Å². The largest absolute Gasteiger partial charge is 0.348 e. The molecule has 0 fully saturated rings. The van der Waals surface area contributed by atoms with Crippen LogP contribution in [-0.2, 0) is 13.1 Å². The fourth-order valence-electron chi connectivity index (χ4n) is 2.68. The quantitative estimate of drug-likeness (QED) is 0.804. The lowest BCUT2D eigenvalue weighted by Gasteiger charge is -2.18. The Hall–Kier alpha value is -2.20. The third-order valence-corrected chi connectivity index (χ3v) is 4.43. The van der Waals surface area contributed by atoms with Crippen molar-refractivity contribution in [3.63, 3.8) is 0 Å². The van der Waals surface area contributed by atoms with Crippen molar-refractivity contribution in [3.8, 4) is 0 Å². The predicted molar refractivity (Wildman–Crippen MR) is 94.5 cm³/mol. The molecule has 1 amide bonds. The maximum atomic E-state index is 13.6. The van der Waals surface area contributed by atoms with Crippen molar-refractivity contribution in [1.82, 2.24) is 5.32 Å². The summed E-state index contributed by atoms with van der Waals surface area (Å²) >= 11 is 0. The van der Waals surface area contributed by atoms with Crippen molar-refractivity contribution >= 4 is 5.91 Å². The first kappa shape index (κ1) is 18.1. The summed E-state index contributed by atoms with van der Waals surface area (Å²) in [5.41, 5.74) is 3.24. The third kappa shape index (κ3) is 4.65. The molecule has 0 aromatic heterocycles. The second-order valence-electron chi connectivity index (χ2n) is 6.05. The number of nitrogens with one attached hydrogen (secondary N) is 2. The zero-order valence-electron chi connectivity index (χ0n) is 14.7. The molecule has 4 heteroatoms. The molecular formula is C20H26FN2O+. The summed E-state index contributed by atoms with van der Waals surface area (Å²) in [7, 11) is 0. The van der Waals surface area contributed by atoms with Crippen LogP contribution in [0.15, 0.2) is 42.5 Å². The molecule has 0 unspecified atom stereocenters. The normalized spacial score (nSPS) is 10.9. The Labute approximate surface area is 143 Å². The summed E-state index contributed by atoms with van der Waals surface area (Å²) in [5, 5.41) is 2.90. The molecule has 0 bridgehead atoms. The van der Waals surface area contributed by atoms with E-state index in [0.29, 0.717) is 17.7 Å². The fourth-order valence-corrected chi connectivity index (χ4v) is 2.68. The number of hydrogen-bond donors (Lipinski definition) is 2. The Morgan fingerprint density at radius 3 is 2.38 bits per heavy atom. The van der Waals surface area contributed by atoms with Crippen molar-refractivity contribution in [2.24, 2.45) is 0 Å². The number of hydrogen-bond acceptors (Lipinski definition) is 1. The number of rotatable bonds is 7. The lowest BCUT2D eigenvalue weighted by atomic mass is 10.1. The van der Waals surface area contributed by atoms with E-state index in [1.165, 1.54) is 16.5 Å². The van der Waals surface area contributed by atoms with Gasteiger partial charge in [0.25, 0.3) is 5.91 Å². The number of quaternary nitrogens is 1. The molecule has 0 atom stereocenters. The van der Waals surface area contributed by atoms with E-state index in [9.17, 15) is 9.18 Å². The summed E-state index contributed by atoms with van der Waals surface area (Å²) in [6.07, 6.45) is 0. The first-order valence-electron chi connectivity index (χ1n) is 8.49. The monoisotopic (exact) mass is 329 g/mol. The van der Waals surface area contributed by atoms with Gasteiger partial charge in [-0.2, -0.15) is 0 Å². The van der Waals surface area contributed by atoms with Crippen LogP contribution in [0, 0.1) is 12.7 Å². The van der Waals surface area contributed by atoms with Crippen molar-refractivity contribution < 1.29 is 14.1 Å². The van der Waals surface area contributed by atoms with Crippen LogP contribution < -0.4 is 10.2 Å². The summed E-state index contributed by atoms with van der Waals surface area (Å²) in [6.45, 7) is 9.57. The van der Waals surface area contributed by atoms with Crippen LogP contribution in [0.4, 0.5) is 4.39 Å². The number of halogens is 1. The SMILES string of the molecule is CC[NH+](CC)Cc1ccccc1CNC(=O)c1ccc(C)c(F)c1. The Morgan fingerprint density at radius 2 is 1.75 bits per heavy atom. The van der Waals surface area contributed by atoms with Gasteiger partial charge >= 0.3 is 0 Å². The van der Waals surface area contributed by atoms with Crippen LogP contribution in [0.5, 0.6) is 0 Å². The molecule has 128 valence electrons. The van der Waals surface area contributed by atoms with Crippen LogP contribution in [0.25, 0.3) is 0 Å². The van der Waals surface area contributed by atoms with E-state index in [1.807, 2.05) is 18.2 Å². The molecular weight excluding hydrogens is 303 g/mol. The Balaban J connectivity index is 2.06. The van der Waals surface area contributed by atoms with Gasteiger partial charge in [0.15, 0.2) is 0 Å². The van der Waals surface area contributed by atoms with Gasteiger partial charge in [0.2, 0.25) is 0 Å². The molecule has 0 aliphatic heterocycles.